The first-order valence-electron chi connectivity index (χ1n) is 5.41. The predicted molar refractivity (Wildman–Crippen MR) is 54.6 cm³/mol. The van der Waals surface area contributed by atoms with Crippen molar-refractivity contribution in [3.8, 4) is 0 Å². The molecule has 4 nitrogen and oxygen atoms in total. The minimum absolute atomic E-state index is 0.0337. The van der Waals surface area contributed by atoms with E-state index in [0.29, 0.717) is 0 Å². The van der Waals surface area contributed by atoms with E-state index in [1.807, 2.05) is 11.6 Å². The number of aromatic nitrogens is 3. The molecule has 1 atom stereocenters. The zero-order chi connectivity index (χ0) is 9.97. The van der Waals surface area contributed by atoms with Crippen molar-refractivity contribution < 1.29 is 0 Å². The molecule has 1 fully saturated rings. The number of hydrogen-bond acceptors (Lipinski definition) is 3. The molecular formula is C10H18N4. The molecule has 1 aliphatic rings. The fourth-order valence-electron chi connectivity index (χ4n) is 2.20. The molecule has 78 valence electrons. The number of rotatable bonds is 3. The van der Waals surface area contributed by atoms with E-state index in [4.69, 9.17) is 5.73 Å². The zero-order valence-corrected chi connectivity index (χ0v) is 8.69. The molecule has 0 spiro atoms. The van der Waals surface area contributed by atoms with E-state index in [9.17, 15) is 0 Å². The summed E-state index contributed by atoms with van der Waals surface area (Å²) in [4.78, 5) is 0. The summed E-state index contributed by atoms with van der Waals surface area (Å²) in [5.41, 5.74) is 6.89. The second-order valence-electron chi connectivity index (χ2n) is 4.28. The maximum absolute atomic E-state index is 5.83. The van der Waals surface area contributed by atoms with E-state index in [0.717, 1.165) is 18.2 Å². The Kier molecular flexibility index (Phi) is 2.82. The first kappa shape index (κ1) is 9.65. The minimum atomic E-state index is 0.0337. The summed E-state index contributed by atoms with van der Waals surface area (Å²) in [6.45, 7) is 2.97. The van der Waals surface area contributed by atoms with Gasteiger partial charge in [0.15, 0.2) is 0 Å². The summed E-state index contributed by atoms with van der Waals surface area (Å²) in [5, 5.41) is 8.01. The second kappa shape index (κ2) is 4.09. The van der Waals surface area contributed by atoms with Crippen molar-refractivity contribution in [3.63, 3.8) is 0 Å². The third-order valence-corrected chi connectivity index (χ3v) is 3.02. The Labute approximate surface area is 84.5 Å². The van der Waals surface area contributed by atoms with E-state index in [2.05, 4.69) is 10.3 Å². The molecule has 1 heterocycles. The molecule has 14 heavy (non-hydrogen) atoms. The lowest BCUT2D eigenvalue weighted by Crippen LogP contribution is -2.16. The standard InChI is InChI=1S/C10H18N4/c1-8(11)10-6-12-13-14(10)7-9-4-2-3-5-9/h6,8-9H,2-5,7,11H2,1H3. The molecular weight excluding hydrogens is 176 g/mol. The fourth-order valence-corrected chi connectivity index (χ4v) is 2.20. The van der Waals surface area contributed by atoms with Crippen molar-refractivity contribution in [1.82, 2.24) is 15.0 Å². The van der Waals surface area contributed by atoms with Gasteiger partial charge in [-0.05, 0) is 25.7 Å². The highest BCUT2D eigenvalue weighted by Crippen LogP contribution is 2.26. The van der Waals surface area contributed by atoms with E-state index in [1.54, 1.807) is 6.20 Å². The molecule has 0 saturated heterocycles. The zero-order valence-electron chi connectivity index (χ0n) is 8.69. The van der Waals surface area contributed by atoms with Gasteiger partial charge in [-0.15, -0.1) is 5.10 Å². The lowest BCUT2D eigenvalue weighted by atomic mass is 10.1. The van der Waals surface area contributed by atoms with Crippen LogP contribution in [0, 0.1) is 5.92 Å². The van der Waals surface area contributed by atoms with E-state index in [-0.39, 0.29) is 6.04 Å². The molecule has 0 amide bonds. The Bertz CT molecular complexity index is 286. The van der Waals surface area contributed by atoms with Gasteiger partial charge in [-0.1, -0.05) is 18.1 Å². The van der Waals surface area contributed by atoms with Crippen molar-refractivity contribution in [2.24, 2.45) is 11.7 Å². The van der Waals surface area contributed by atoms with Crippen LogP contribution in [0.25, 0.3) is 0 Å². The van der Waals surface area contributed by atoms with Gasteiger partial charge in [-0.2, -0.15) is 0 Å². The summed E-state index contributed by atoms with van der Waals surface area (Å²) >= 11 is 0. The van der Waals surface area contributed by atoms with Crippen LogP contribution in [0.3, 0.4) is 0 Å². The van der Waals surface area contributed by atoms with Gasteiger partial charge in [0.05, 0.1) is 11.9 Å². The predicted octanol–water partition coefficient (Wildman–Crippen LogP) is 1.49. The lowest BCUT2D eigenvalue weighted by molar-refractivity contribution is 0.407. The van der Waals surface area contributed by atoms with Gasteiger partial charge >= 0.3 is 0 Å². The van der Waals surface area contributed by atoms with Crippen molar-refractivity contribution >= 4 is 0 Å². The van der Waals surface area contributed by atoms with Crippen LogP contribution in [0.1, 0.15) is 44.3 Å². The molecule has 0 bridgehead atoms. The van der Waals surface area contributed by atoms with Crippen LogP contribution >= 0.6 is 0 Å². The third kappa shape index (κ3) is 1.95. The van der Waals surface area contributed by atoms with Crippen molar-refractivity contribution in [3.05, 3.63) is 11.9 Å². The number of hydrogen-bond donors (Lipinski definition) is 1. The SMILES string of the molecule is CC(N)c1cnnn1CC1CCCC1. The summed E-state index contributed by atoms with van der Waals surface area (Å²) in [6, 6.07) is 0.0337. The van der Waals surface area contributed by atoms with E-state index in [1.165, 1.54) is 25.7 Å². The molecule has 0 aromatic carbocycles. The highest BCUT2D eigenvalue weighted by atomic mass is 15.4. The molecule has 1 aliphatic carbocycles. The molecule has 2 N–H and O–H groups in total. The third-order valence-electron chi connectivity index (χ3n) is 3.02. The Morgan fingerprint density at radius 3 is 2.93 bits per heavy atom. The Morgan fingerprint density at radius 1 is 1.57 bits per heavy atom. The maximum atomic E-state index is 5.83. The average Bonchev–Trinajstić information content (AvgIpc) is 2.75. The Hall–Kier alpha value is -0.900. The Morgan fingerprint density at radius 2 is 2.29 bits per heavy atom. The monoisotopic (exact) mass is 194 g/mol. The Balaban J connectivity index is 2.04. The van der Waals surface area contributed by atoms with Crippen molar-refractivity contribution in [1.29, 1.82) is 0 Å². The maximum Gasteiger partial charge on any atom is 0.0751 e. The molecule has 2 rings (SSSR count). The molecule has 0 aliphatic heterocycles. The van der Waals surface area contributed by atoms with Gasteiger partial charge in [0, 0.05) is 12.6 Å². The van der Waals surface area contributed by atoms with E-state index < -0.39 is 0 Å². The summed E-state index contributed by atoms with van der Waals surface area (Å²) < 4.78 is 1.97. The highest BCUT2D eigenvalue weighted by Gasteiger charge is 2.18. The van der Waals surface area contributed by atoms with Crippen LogP contribution in [0.2, 0.25) is 0 Å². The second-order valence-corrected chi connectivity index (χ2v) is 4.28. The van der Waals surface area contributed by atoms with Gasteiger partial charge in [0.2, 0.25) is 0 Å². The van der Waals surface area contributed by atoms with Crippen LogP contribution in [-0.4, -0.2) is 15.0 Å². The number of nitrogens with two attached hydrogens (primary N) is 1. The first-order valence-corrected chi connectivity index (χ1v) is 5.41. The minimum Gasteiger partial charge on any atom is -0.323 e. The molecule has 1 unspecified atom stereocenters. The lowest BCUT2D eigenvalue weighted by Gasteiger charge is -2.12. The molecule has 0 radical (unpaired) electrons. The average molecular weight is 194 g/mol. The molecule has 1 saturated carbocycles. The van der Waals surface area contributed by atoms with Gasteiger partial charge in [-0.3, -0.25) is 0 Å². The van der Waals surface area contributed by atoms with Crippen LogP contribution in [0.4, 0.5) is 0 Å². The van der Waals surface area contributed by atoms with Crippen molar-refractivity contribution in [2.45, 2.75) is 45.2 Å². The fraction of sp³-hybridized carbons (Fsp3) is 0.800. The van der Waals surface area contributed by atoms with Gasteiger partial charge in [-0.25, -0.2) is 4.68 Å². The molecule has 1 aromatic rings. The summed E-state index contributed by atoms with van der Waals surface area (Å²) in [5.74, 6) is 0.786. The smallest absolute Gasteiger partial charge is 0.0751 e. The molecule has 4 heteroatoms. The number of nitrogens with zero attached hydrogens (tertiary/aromatic N) is 3. The van der Waals surface area contributed by atoms with Gasteiger partial charge in [0.25, 0.3) is 0 Å². The molecule has 1 aromatic heterocycles. The first-order chi connectivity index (χ1) is 6.77. The van der Waals surface area contributed by atoms with Crippen LogP contribution in [0.5, 0.6) is 0 Å². The topological polar surface area (TPSA) is 56.7 Å². The summed E-state index contributed by atoms with van der Waals surface area (Å²) in [7, 11) is 0. The van der Waals surface area contributed by atoms with Crippen LogP contribution in [-0.2, 0) is 6.54 Å². The quantitative estimate of drug-likeness (QED) is 0.793. The van der Waals surface area contributed by atoms with Gasteiger partial charge < -0.3 is 5.73 Å². The highest BCUT2D eigenvalue weighted by molar-refractivity contribution is 4.99. The van der Waals surface area contributed by atoms with E-state index >= 15 is 0 Å². The largest absolute Gasteiger partial charge is 0.323 e. The van der Waals surface area contributed by atoms with Crippen LogP contribution in [0.15, 0.2) is 6.20 Å². The van der Waals surface area contributed by atoms with Crippen molar-refractivity contribution in [2.75, 3.05) is 0 Å². The summed E-state index contributed by atoms with van der Waals surface area (Å²) in [6.07, 6.45) is 7.18. The van der Waals surface area contributed by atoms with Gasteiger partial charge in [0.1, 0.15) is 0 Å². The van der Waals surface area contributed by atoms with Crippen LogP contribution < -0.4 is 5.73 Å². The normalized spacial score (nSPS) is 20.1.